The van der Waals surface area contributed by atoms with E-state index in [4.69, 9.17) is 11.6 Å². The third-order valence-electron chi connectivity index (χ3n) is 3.17. The number of nitrogens with zero attached hydrogens (tertiary/aromatic N) is 2. The van der Waals surface area contributed by atoms with Crippen LogP contribution < -0.4 is 5.32 Å². The lowest BCUT2D eigenvalue weighted by molar-refractivity contribution is -0.120. The molecule has 0 spiro atoms. The number of halogens is 1. The molecule has 0 aliphatic heterocycles. The van der Waals surface area contributed by atoms with E-state index >= 15 is 0 Å². The molecule has 1 amide bonds. The molecule has 4 nitrogen and oxygen atoms in total. The normalized spacial score (nSPS) is 10.7. The molecule has 5 heteroatoms. The summed E-state index contributed by atoms with van der Waals surface area (Å²) in [5.41, 5.74) is 2.55. The van der Waals surface area contributed by atoms with Gasteiger partial charge < -0.3 is 5.32 Å². The molecule has 2 heterocycles. The first-order chi connectivity index (χ1) is 10.2. The molecule has 0 saturated heterocycles. The minimum Gasteiger partial charge on any atom is -0.350 e. The van der Waals surface area contributed by atoms with Crippen LogP contribution in [0.4, 0.5) is 0 Å². The maximum absolute atomic E-state index is 11.9. The highest BCUT2D eigenvalue weighted by Gasteiger charge is 2.06. The SMILES string of the molecule is O=C(Cc1ccccc1)NCc1cn2c(Cl)cccc2n1. The molecule has 1 N–H and O–H groups in total. The zero-order valence-corrected chi connectivity index (χ0v) is 12.0. The third kappa shape index (κ3) is 3.23. The highest BCUT2D eigenvalue weighted by molar-refractivity contribution is 6.29. The fraction of sp³-hybridized carbons (Fsp3) is 0.125. The molecule has 0 aliphatic rings. The van der Waals surface area contributed by atoms with Crippen LogP contribution in [0.25, 0.3) is 5.65 Å². The van der Waals surface area contributed by atoms with Gasteiger partial charge in [-0.25, -0.2) is 4.98 Å². The standard InChI is InChI=1S/C16H14ClN3O/c17-14-7-4-8-15-19-13(11-20(14)15)10-18-16(21)9-12-5-2-1-3-6-12/h1-8,11H,9-10H2,(H,18,21). The zero-order valence-electron chi connectivity index (χ0n) is 11.3. The first-order valence-electron chi connectivity index (χ1n) is 6.65. The van der Waals surface area contributed by atoms with Gasteiger partial charge in [0.15, 0.2) is 0 Å². The van der Waals surface area contributed by atoms with Gasteiger partial charge in [0.1, 0.15) is 10.8 Å². The van der Waals surface area contributed by atoms with E-state index in [9.17, 15) is 4.79 Å². The van der Waals surface area contributed by atoms with E-state index in [0.29, 0.717) is 18.1 Å². The second kappa shape index (κ2) is 5.97. The Labute approximate surface area is 127 Å². The Kier molecular flexibility index (Phi) is 3.88. The number of imidazole rings is 1. The van der Waals surface area contributed by atoms with Gasteiger partial charge >= 0.3 is 0 Å². The van der Waals surface area contributed by atoms with Crippen molar-refractivity contribution in [2.45, 2.75) is 13.0 Å². The van der Waals surface area contributed by atoms with Crippen LogP contribution in [-0.2, 0) is 17.8 Å². The van der Waals surface area contributed by atoms with Crippen molar-refractivity contribution in [1.82, 2.24) is 14.7 Å². The molecule has 0 radical (unpaired) electrons. The molecule has 0 aliphatic carbocycles. The molecule has 3 aromatic rings. The molecule has 3 rings (SSSR count). The first kappa shape index (κ1) is 13.6. The molecule has 0 bridgehead atoms. The van der Waals surface area contributed by atoms with Gasteiger partial charge in [0.2, 0.25) is 5.91 Å². The predicted molar refractivity (Wildman–Crippen MR) is 82.2 cm³/mol. The summed E-state index contributed by atoms with van der Waals surface area (Å²) >= 11 is 6.08. The predicted octanol–water partition coefficient (Wildman–Crippen LogP) is 2.85. The number of fused-ring (bicyclic) bond motifs is 1. The van der Waals surface area contributed by atoms with E-state index in [2.05, 4.69) is 10.3 Å². The minimum absolute atomic E-state index is 0.0237. The quantitative estimate of drug-likeness (QED) is 0.753. The summed E-state index contributed by atoms with van der Waals surface area (Å²) in [6, 6.07) is 15.2. The van der Waals surface area contributed by atoms with Crippen LogP contribution in [0.3, 0.4) is 0 Å². The van der Waals surface area contributed by atoms with Gasteiger partial charge in [-0.1, -0.05) is 48.0 Å². The molecule has 0 saturated carbocycles. The van der Waals surface area contributed by atoms with Crippen LogP contribution in [0.15, 0.2) is 54.7 Å². The number of rotatable bonds is 4. The van der Waals surface area contributed by atoms with Gasteiger partial charge in [0.05, 0.1) is 18.7 Å². The summed E-state index contributed by atoms with van der Waals surface area (Å²) < 4.78 is 1.79. The summed E-state index contributed by atoms with van der Waals surface area (Å²) in [6.45, 7) is 0.393. The lowest BCUT2D eigenvalue weighted by Crippen LogP contribution is -2.24. The fourth-order valence-electron chi connectivity index (χ4n) is 2.15. The number of benzene rings is 1. The van der Waals surface area contributed by atoms with Crippen molar-refractivity contribution in [2.24, 2.45) is 0 Å². The Hall–Kier alpha value is -2.33. The van der Waals surface area contributed by atoms with Crippen molar-refractivity contribution in [3.63, 3.8) is 0 Å². The number of aromatic nitrogens is 2. The molecule has 1 aromatic carbocycles. The fourth-order valence-corrected chi connectivity index (χ4v) is 2.35. The lowest BCUT2D eigenvalue weighted by Gasteiger charge is -2.03. The van der Waals surface area contributed by atoms with Crippen molar-refractivity contribution < 1.29 is 4.79 Å². The average Bonchev–Trinajstić information content (AvgIpc) is 2.91. The van der Waals surface area contributed by atoms with Crippen LogP contribution in [0.2, 0.25) is 5.15 Å². The van der Waals surface area contributed by atoms with Crippen molar-refractivity contribution in [3.8, 4) is 0 Å². The zero-order chi connectivity index (χ0) is 14.7. The van der Waals surface area contributed by atoms with E-state index in [0.717, 1.165) is 16.9 Å². The van der Waals surface area contributed by atoms with Gasteiger partial charge in [-0.2, -0.15) is 0 Å². The Morgan fingerprint density at radius 1 is 1.14 bits per heavy atom. The molecule has 0 fully saturated rings. The van der Waals surface area contributed by atoms with E-state index in [-0.39, 0.29) is 5.91 Å². The van der Waals surface area contributed by atoms with Gasteiger partial charge in [0, 0.05) is 6.20 Å². The highest BCUT2D eigenvalue weighted by atomic mass is 35.5. The van der Waals surface area contributed by atoms with Crippen molar-refractivity contribution in [1.29, 1.82) is 0 Å². The molecule has 0 unspecified atom stereocenters. The largest absolute Gasteiger partial charge is 0.350 e. The maximum Gasteiger partial charge on any atom is 0.224 e. The Morgan fingerprint density at radius 2 is 1.95 bits per heavy atom. The molecule has 21 heavy (non-hydrogen) atoms. The Balaban J connectivity index is 1.64. The van der Waals surface area contributed by atoms with Gasteiger partial charge in [-0.05, 0) is 17.7 Å². The van der Waals surface area contributed by atoms with Gasteiger partial charge in [-0.3, -0.25) is 9.20 Å². The van der Waals surface area contributed by atoms with Crippen LogP contribution >= 0.6 is 11.6 Å². The molecular weight excluding hydrogens is 286 g/mol. The van der Waals surface area contributed by atoms with Crippen LogP contribution in [0.1, 0.15) is 11.3 Å². The first-order valence-corrected chi connectivity index (χ1v) is 7.03. The summed E-state index contributed by atoms with van der Waals surface area (Å²) in [5.74, 6) is -0.0237. The van der Waals surface area contributed by atoms with E-state index in [1.54, 1.807) is 10.5 Å². The highest BCUT2D eigenvalue weighted by Crippen LogP contribution is 2.13. The van der Waals surface area contributed by atoms with Gasteiger partial charge in [0.25, 0.3) is 0 Å². The number of hydrogen-bond acceptors (Lipinski definition) is 2. The Bertz CT molecular complexity index is 768. The molecule has 2 aromatic heterocycles. The number of hydrogen-bond donors (Lipinski definition) is 1. The second-order valence-electron chi connectivity index (χ2n) is 4.75. The van der Waals surface area contributed by atoms with Crippen molar-refractivity contribution in [2.75, 3.05) is 0 Å². The van der Waals surface area contributed by atoms with Crippen LogP contribution in [0, 0.1) is 0 Å². The number of carbonyl (C=O) groups is 1. The third-order valence-corrected chi connectivity index (χ3v) is 3.47. The number of amides is 1. The number of pyridine rings is 1. The Morgan fingerprint density at radius 3 is 2.71 bits per heavy atom. The van der Waals surface area contributed by atoms with E-state index in [1.807, 2.05) is 48.7 Å². The molecular formula is C16H14ClN3O. The molecule has 0 atom stereocenters. The summed E-state index contributed by atoms with van der Waals surface area (Å²) in [5, 5.41) is 3.47. The van der Waals surface area contributed by atoms with Crippen molar-refractivity contribution >= 4 is 23.2 Å². The minimum atomic E-state index is -0.0237. The number of nitrogens with one attached hydrogen (secondary N) is 1. The number of carbonyl (C=O) groups excluding carboxylic acids is 1. The molecule has 106 valence electrons. The monoisotopic (exact) mass is 299 g/mol. The van der Waals surface area contributed by atoms with Crippen molar-refractivity contribution in [3.05, 3.63) is 71.1 Å². The van der Waals surface area contributed by atoms with Crippen LogP contribution in [-0.4, -0.2) is 15.3 Å². The van der Waals surface area contributed by atoms with Gasteiger partial charge in [-0.15, -0.1) is 0 Å². The lowest BCUT2D eigenvalue weighted by atomic mass is 10.1. The maximum atomic E-state index is 11.9. The summed E-state index contributed by atoms with van der Waals surface area (Å²) in [4.78, 5) is 16.3. The average molecular weight is 300 g/mol. The van der Waals surface area contributed by atoms with E-state index in [1.165, 1.54) is 0 Å². The topological polar surface area (TPSA) is 46.4 Å². The summed E-state index contributed by atoms with van der Waals surface area (Å²) in [6.07, 6.45) is 2.20. The second-order valence-corrected chi connectivity index (χ2v) is 5.14. The van der Waals surface area contributed by atoms with Crippen LogP contribution in [0.5, 0.6) is 0 Å². The van der Waals surface area contributed by atoms with E-state index < -0.39 is 0 Å². The smallest absolute Gasteiger partial charge is 0.224 e. The summed E-state index contributed by atoms with van der Waals surface area (Å²) in [7, 11) is 0.